The van der Waals surface area contributed by atoms with Gasteiger partial charge in [-0.3, -0.25) is 4.79 Å². The summed E-state index contributed by atoms with van der Waals surface area (Å²) in [6.45, 7) is 5.06. The predicted molar refractivity (Wildman–Crippen MR) is 116 cm³/mol. The van der Waals surface area contributed by atoms with Crippen molar-refractivity contribution in [2.45, 2.75) is 32.2 Å². The van der Waals surface area contributed by atoms with Gasteiger partial charge < -0.3 is 20.1 Å². The lowest BCUT2D eigenvalue weighted by Gasteiger charge is -2.31. The summed E-state index contributed by atoms with van der Waals surface area (Å²) >= 11 is 6.70. The van der Waals surface area contributed by atoms with Crippen LogP contribution in [0.5, 0.6) is 0 Å². The Bertz CT molecular complexity index is 897. The number of nitrogens with zero attached hydrogens (tertiary/aromatic N) is 3. The lowest BCUT2D eigenvalue weighted by Crippen LogP contribution is -2.32. The molecule has 2 fully saturated rings. The van der Waals surface area contributed by atoms with Crippen molar-refractivity contribution in [3.8, 4) is 0 Å². The van der Waals surface area contributed by atoms with Crippen molar-refractivity contribution in [3.05, 3.63) is 46.1 Å². The van der Waals surface area contributed by atoms with Gasteiger partial charge in [-0.25, -0.2) is 4.98 Å². The Kier molecular flexibility index (Phi) is 6.51. The summed E-state index contributed by atoms with van der Waals surface area (Å²) < 4.78 is 11.2. The normalized spacial score (nSPS) is 22.1. The first kappa shape index (κ1) is 21.0. The Morgan fingerprint density at radius 3 is 2.80 bits per heavy atom. The Balaban J connectivity index is 1.58. The van der Waals surface area contributed by atoms with Crippen LogP contribution in [0.1, 0.15) is 35.7 Å². The number of carbonyl (C=O) groups is 1. The number of aryl methyl sites for hydroxylation is 1. The molecule has 2 atom stereocenters. The summed E-state index contributed by atoms with van der Waals surface area (Å²) in [5.41, 5.74) is 8.58. The largest absolute Gasteiger partial charge is 0.381 e. The molecule has 2 aliphatic heterocycles. The standard InChI is InChI=1S/C22H27ClN4O3/c1-14-9-21(26-22(24)25-14)27-6-2-7-29-13-19(27)17-4-3-15(10-18(17)23)11-20(28)16-5-8-30-12-16/h3-4,9-10,16,19H,2,5-8,11-13H2,1H3,(H2,24,25,26)/t16-,19?/m1/s1. The van der Waals surface area contributed by atoms with Crippen molar-refractivity contribution in [1.29, 1.82) is 0 Å². The molecule has 0 spiro atoms. The van der Waals surface area contributed by atoms with Crippen molar-refractivity contribution in [3.63, 3.8) is 0 Å². The Hall–Kier alpha value is -2.22. The van der Waals surface area contributed by atoms with E-state index in [1.165, 1.54) is 0 Å². The van der Waals surface area contributed by atoms with Gasteiger partial charge in [0, 0.05) is 48.9 Å². The number of benzene rings is 1. The predicted octanol–water partition coefficient (Wildman–Crippen LogP) is 3.14. The third kappa shape index (κ3) is 4.74. The van der Waals surface area contributed by atoms with Gasteiger partial charge in [-0.2, -0.15) is 4.98 Å². The molecule has 0 bridgehead atoms. The lowest BCUT2D eigenvalue weighted by atomic mass is 9.95. The van der Waals surface area contributed by atoms with Gasteiger partial charge in [0.25, 0.3) is 0 Å². The second-order valence-corrected chi connectivity index (χ2v) is 8.33. The minimum absolute atomic E-state index is 0.000614. The van der Waals surface area contributed by atoms with Crippen LogP contribution in [-0.4, -0.2) is 48.7 Å². The molecule has 30 heavy (non-hydrogen) atoms. The quantitative estimate of drug-likeness (QED) is 0.779. The molecule has 4 rings (SSSR count). The number of carbonyl (C=O) groups excluding carboxylic acids is 1. The molecule has 0 amide bonds. The summed E-state index contributed by atoms with van der Waals surface area (Å²) in [7, 11) is 0. The van der Waals surface area contributed by atoms with Crippen molar-refractivity contribution >= 4 is 29.2 Å². The van der Waals surface area contributed by atoms with Crippen molar-refractivity contribution in [2.24, 2.45) is 5.92 Å². The van der Waals surface area contributed by atoms with Crippen LogP contribution in [0.3, 0.4) is 0 Å². The first-order valence-corrected chi connectivity index (χ1v) is 10.7. The maximum absolute atomic E-state index is 12.5. The highest BCUT2D eigenvalue weighted by atomic mass is 35.5. The summed E-state index contributed by atoms with van der Waals surface area (Å²) in [5, 5.41) is 0.627. The Labute approximate surface area is 181 Å². The summed E-state index contributed by atoms with van der Waals surface area (Å²) in [4.78, 5) is 23.3. The first-order chi connectivity index (χ1) is 14.5. The van der Waals surface area contributed by atoms with Crippen molar-refractivity contribution in [1.82, 2.24) is 9.97 Å². The number of aromatic nitrogens is 2. The van der Waals surface area contributed by atoms with Crippen LogP contribution in [0.4, 0.5) is 11.8 Å². The molecule has 1 aromatic heterocycles. The number of Topliss-reactive ketones (excluding diaryl/α,β-unsaturated/α-hetero) is 1. The second kappa shape index (κ2) is 9.29. The van der Waals surface area contributed by atoms with E-state index in [2.05, 4.69) is 14.9 Å². The average Bonchev–Trinajstić information content (AvgIpc) is 3.13. The molecule has 2 N–H and O–H groups in total. The van der Waals surface area contributed by atoms with Crippen LogP contribution in [-0.2, 0) is 20.7 Å². The van der Waals surface area contributed by atoms with Gasteiger partial charge in [0.1, 0.15) is 11.6 Å². The zero-order valence-electron chi connectivity index (χ0n) is 17.1. The fourth-order valence-corrected chi connectivity index (χ4v) is 4.45. The minimum Gasteiger partial charge on any atom is -0.381 e. The molecule has 2 aliphatic rings. The van der Waals surface area contributed by atoms with Gasteiger partial charge in [0.05, 0.1) is 19.3 Å². The highest BCUT2D eigenvalue weighted by molar-refractivity contribution is 6.31. The van der Waals surface area contributed by atoms with Crippen LogP contribution >= 0.6 is 11.6 Å². The van der Waals surface area contributed by atoms with E-state index in [0.717, 1.165) is 42.0 Å². The molecular formula is C22H27ClN4O3. The number of hydrogen-bond donors (Lipinski definition) is 1. The molecule has 1 unspecified atom stereocenters. The van der Waals surface area contributed by atoms with E-state index in [0.29, 0.717) is 37.9 Å². The summed E-state index contributed by atoms with van der Waals surface area (Å²) in [6, 6.07) is 7.71. The molecule has 0 radical (unpaired) electrons. The van der Waals surface area contributed by atoms with E-state index in [-0.39, 0.29) is 23.7 Å². The first-order valence-electron chi connectivity index (χ1n) is 10.4. The lowest BCUT2D eigenvalue weighted by molar-refractivity contribution is -0.122. The summed E-state index contributed by atoms with van der Waals surface area (Å²) in [6.07, 6.45) is 2.06. The van der Waals surface area contributed by atoms with E-state index < -0.39 is 0 Å². The molecule has 8 heteroatoms. The van der Waals surface area contributed by atoms with Crippen molar-refractivity contribution < 1.29 is 14.3 Å². The topological polar surface area (TPSA) is 90.6 Å². The van der Waals surface area contributed by atoms with Gasteiger partial charge in [0.15, 0.2) is 0 Å². The van der Waals surface area contributed by atoms with Crippen LogP contribution in [0.2, 0.25) is 5.02 Å². The van der Waals surface area contributed by atoms with Gasteiger partial charge in [-0.05, 0) is 37.0 Å². The molecule has 7 nitrogen and oxygen atoms in total. The molecule has 2 saturated heterocycles. The molecule has 2 aromatic rings. The smallest absolute Gasteiger partial charge is 0.222 e. The number of nitrogens with two attached hydrogens (primary N) is 1. The number of rotatable bonds is 5. The van der Waals surface area contributed by atoms with E-state index in [9.17, 15) is 4.79 Å². The summed E-state index contributed by atoms with van der Waals surface area (Å²) in [5.74, 6) is 1.24. The maximum Gasteiger partial charge on any atom is 0.222 e. The third-order valence-corrected chi connectivity index (χ3v) is 6.01. The fourth-order valence-electron chi connectivity index (χ4n) is 4.12. The van der Waals surface area contributed by atoms with Gasteiger partial charge in [-0.15, -0.1) is 0 Å². The third-order valence-electron chi connectivity index (χ3n) is 5.68. The molecule has 160 valence electrons. The molecule has 3 heterocycles. The van der Waals surface area contributed by atoms with E-state index in [1.807, 2.05) is 31.2 Å². The van der Waals surface area contributed by atoms with E-state index in [1.54, 1.807) is 0 Å². The van der Waals surface area contributed by atoms with Gasteiger partial charge in [-0.1, -0.05) is 23.7 Å². The van der Waals surface area contributed by atoms with Crippen molar-refractivity contribution in [2.75, 3.05) is 43.6 Å². The van der Waals surface area contributed by atoms with Crippen LogP contribution in [0, 0.1) is 12.8 Å². The van der Waals surface area contributed by atoms with E-state index >= 15 is 0 Å². The second-order valence-electron chi connectivity index (χ2n) is 7.92. The number of hydrogen-bond acceptors (Lipinski definition) is 7. The maximum atomic E-state index is 12.5. The number of nitrogen functional groups attached to an aromatic ring is 1. The fraction of sp³-hybridized carbons (Fsp3) is 0.500. The van der Waals surface area contributed by atoms with Crippen LogP contribution < -0.4 is 10.6 Å². The zero-order chi connectivity index (χ0) is 21.1. The van der Waals surface area contributed by atoms with Crippen LogP contribution in [0.15, 0.2) is 24.3 Å². The highest BCUT2D eigenvalue weighted by Gasteiger charge is 2.28. The van der Waals surface area contributed by atoms with Gasteiger partial charge in [0.2, 0.25) is 5.95 Å². The average molecular weight is 431 g/mol. The Morgan fingerprint density at radius 1 is 1.23 bits per heavy atom. The Morgan fingerprint density at radius 2 is 2.07 bits per heavy atom. The number of anilines is 2. The van der Waals surface area contributed by atoms with Gasteiger partial charge >= 0.3 is 0 Å². The van der Waals surface area contributed by atoms with E-state index in [4.69, 9.17) is 26.8 Å². The number of ketones is 1. The monoisotopic (exact) mass is 430 g/mol. The SMILES string of the molecule is Cc1cc(N2CCCOCC2c2ccc(CC(=O)[C@@H]3CCOC3)cc2Cl)nc(N)n1. The number of halogens is 1. The molecule has 0 aliphatic carbocycles. The zero-order valence-corrected chi connectivity index (χ0v) is 17.9. The molecular weight excluding hydrogens is 404 g/mol. The minimum atomic E-state index is -0.0957. The number of ether oxygens (including phenoxy) is 2. The molecule has 1 aromatic carbocycles. The highest BCUT2D eigenvalue weighted by Crippen LogP contribution is 2.34. The van der Waals surface area contributed by atoms with Crippen LogP contribution in [0.25, 0.3) is 0 Å². The molecule has 0 saturated carbocycles.